The molecule has 1 rings (SSSR count). The molecule has 16 heavy (non-hydrogen) atoms. The van der Waals surface area contributed by atoms with Gasteiger partial charge in [0.15, 0.2) is 0 Å². The maximum atomic E-state index is 11.1. The molecule has 0 fully saturated rings. The van der Waals surface area contributed by atoms with E-state index in [2.05, 4.69) is 0 Å². The highest BCUT2D eigenvalue weighted by atomic mass is 32.2. The molecule has 0 unspecified atom stereocenters. The van der Waals surface area contributed by atoms with Gasteiger partial charge in [-0.25, -0.2) is 13.6 Å². The fourth-order valence-electron chi connectivity index (χ4n) is 1.31. The van der Waals surface area contributed by atoms with Gasteiger partial charge >= 0.3 is 0 Å². The molecule has 2 N–H and O–H groups in total. The van der Waals surface area contributed by atoms with E-state index in [1.165, 1.54) is 12.1 Å². The Kier molecular flexibility index (Phi) is 4.20. The minimum atomic E-state index is -3.62. The van der Waals surface area contributed by atoms with Crippen molar-refractivity contribution in [1.29, 1.82) is 0 Å². The molecule has 4 nitrogen and oxygen atoms in total. The Morgan fingerprint density at radius 2 is 1.81 bits per heavy atom. The smallest absolute Gasteiger partial charge is 0.238 e. The van der Waals surface area contributed by atoms with Crippen LogP contribution in [0.25, 0.3) is 0 Å². The number of Topliss-reactive ketones (excluding diaryl/α,β-unsaturated/α-hetero) is 1. The summed E-state index contributed by atoms with van der Waals surface area (Å²) in [4.78, 5) is 11.2. The molecule has 0 aliphatic rings. The molecule has 0 bridgehead atoms. The first-order chi connectivity index (χ1) is 7.43. The van der Waals surface area contributed by atoms with Crippen LogP contribution in [0.4, 0.5) is 0 Å². The van der Waals surface area contributed by atoms with Crippen molar-refractivity contribution < 1.29 is 13.2 Å². The molecule has 0 saturated heterocycles. The summed E-state index contributed by atoms with van der Waals surface area (Å²) in [5.41, 5.74) is 0.939. The van der Waals surface area contributed by atoms with Gasteiger partial charge in [-0.05, 0) is 24.1 Å². The molecular weight excluding hydrogens is 226 g/mol. The van der Waals surface area contributed by atoms with Gasteiger partial charge in [0.2, 0.25) is 10.0 Å². The average Bonchev–Trinajstić information content (AvgIpc) is 2.25. The van der Waals surface area contributed by atoms with Crippen molar-refractivity contribution in [3.63, 3.8) is 0 Å². The second kappa shape index (κ2) is 5.23. The second-order valence-corrected chi connectivity index (χ2v) is 5.14. The zero-order chi connectivity index (χ0) is 12.2. The standard InChI is InChI=1S/C11H15NO3S/c1-2-10(13)6-3-9-4-7-11(8-5-9)16(12,14)15/h4-5,7-8H,2-3,6H2,1H3,(H2,12,14,15). The number of aryl methyl sites for hydroxylation is 1. The normalized spacial score (nSPS) is 11.4. The quantitative estimate of drug-likeness (QED) is 0.842. The molecule has 1 aromatic rings. The highest BCUT2D eigenvalue weighted by Gasteiger charge is 2.07. The van der Waals surface area contributed by atoms with E-state index in [0.29, 0.717) is 19.3 Å². The third-order valence-electron chi connectivity index (χ3n) is 2.34. The molecule has 0 amide bonds. The number of primary sulfonamides is 1. The minimum absolute atomic E-state index is 0.0954. The number of hydrogen-bond donors (Lipinski definition) is 1. The van der Waals surface area contributed by atoms with Gasteiger partial charge in [0.1, 0.15) is 5.78 Å². The third-order valence-corrected chi connectivity index (χ3v) is 3.27. The lowest BCUT2D eigenvalue weighted by molar-refractivity contribution is -0.118. The lowest BCUT2D eigenvalue weighted by Crippen LogP contribution is -2.11. The maximum absolute atomic E-state index is 11.1. The van der Waals surface area contributed by atoms with Crippen molar-refractivity contribution in [3.8, 4) is 0 Å². The Morgan fingerprint density at radius 1 is 1.25 bits per heavy atom. The van der Waals surface area contributed by atoms with E-state index in [4.69, 9.17) is 5.14 Å². The molecular formula is C11H15NO3S. The SMILES string of the molecule is CCC(=O)CCc1ccc(S(N)(=O)=O)cc1. The Labute approximate surface area is 95.5 Å². The predicted octanol–water partition coefficient (Wildman–Crippen LogP) is 1.25. The zero-order valence-electron chi connectivity index (χ0n) is 9.14. The lowest BCUT2D eigenvalue weighted by Gasteiger charge is -2.02. The van der Waals surface area contributed by atoms with Crippen molar-refractivity contribution in [2.75, 3.05) is 0 Å². The summed E-state index contributed by atoms with van der Waals surface area (Å²) in [6.07, 6.45) is 1.66. The molecule has 0 atom stereocenters. The van der Waals surface area contributed by atoms with E-state index >= 15 is 0 Å². The number of nitrogens with two attached hydrogens (primary N) is 1. The van der Waals surface area contributed by atoms with E-state index in [-0.39, 0.29) is 10.7 Å². The number of carbonyl (C=O) groups excluding carboxylic acids is 1. The van der Waals surface area contributed by atoms with Crippen LogP contribution in [0.3, 0.4) is 0 Å². The van der Waals surface area contributed by atoms with Gasteiger partial charge in [0, 0.05) is 12.8 Å². The van der Waals surface area contributed by atoms with Gasteiger partial charge in [-0.2, -0.15) is 0 Å². The van der Waals surface area contributed by atoms with Crippen molar-refractivity contribution in [3.05, 3.63) is 29.8 Å². The first-order valence-electron chi connectivity index (χ1n) is 5.07. The number of sulfonamides is 1. The van der Waals surface area contributed by atoms with Crippen LogP contribution in [0, 0.1) is 0 Å². The molecule has 0 radical (unpaired) electrons. The summed E-state index contributed by atoms with van der Waals surface area (Å²) < 4.78 is 22.0. The Morgan fingerprint density at radius 3 is 2.25 bits per heavy atom. The van der Waals surface area contributed by atoms with Gasteiger partial charge in [-0.1, -0.05) is 19.1 Å². The van der Waals surface area contributed by atoms with Crippen molar-refractivity contribution in [1.82, 2.24) is 0 Å². The van der Waals surface area contributed by atoms with E-state index in [9.17, 15) is 13.2 Å². The molecule has 0 aromatic heterocycles. The van der Waals surface area contributed by atoms with Gasteiger partial charge < -0.3 is 0 Å². The summed E-state index contributed by atoms with van der Waals surface area (Å²) in [6.45, 7) is 1.83. The molecule has 0 heterocycles. The highest BCUT2D eigenvalue weighted by molar-refractivity contribution is 7.89. The minimum Gasteiger partial charge on any atom is -0.300 e. The molecule has 1 aromatic carbocycles. The van der Waals surface area contributed by atoms with Crippen LogP contribution < -0.4 is 5.14 Å². The van der Waals surface area contributed by atoms with E-state index in [0.717, 1.165) is 5.56 Å². The molecule has 0 aliphatic heterocycles. The average molecular weight is 241 g/mol. The van der Waals surface area contributed by atoms with Crippen LogP contribution in [0.5, 0.6) is 0 Å². The summed E-state index contributed by atoms with van der Waals surface area (Å²) in [5, 5.41) is 4.97. The van der Waals surface area contributed by atoms with Gasteiger partial charge in [-0.3, -0.25) is 4.79 Å². The molecule has 0 aliphatic carbocycles. The topological polar surface area (TPSA) is 77.2 Å². The van der Waals surface area contributed by atoms with Crippen molar-refractivity contribution in [2.45, 2.75) is 31.1 Å². The van der Waals surface area contributed by atoms with Crippen molar-refractivity contribution >= 4 is 15.8 Å². The Balaban J connectivity index is 2.69. The van der Waals surface area contributed by atoms with Crippen molar-refractivity contribution in [2.24, 2.45) is 5.14 Å². The molecule has 88 valence electrons. The number of benzene rings is 1. The summed E-state index contributed by atoms with van der Waals surface area (Å²) in [6, 6.07) is 6.29. The first kappa shape index (κ1) is 12.9. The number of hydrogen-bond acceptors (Lipinski definition) is 3. The van der Waals surface area contributed by atoms with Crippen LogP contribution in [0.15, 0.2) is 29.2 Å². The largest absolute Gasteiger partial charge is 0.300 e. The fraction of sp³-hybridized carbons (Fsp3) is 0.364. The summed E-state index contributed by atoms with van der Waals surface area (Å²) in [7, 11) is -3.62. The van der Waals surface area contributed by atoms with Crippen LogP contribution in [-0.4, -0.2) is 14.2 Å². The maximum Gasteiger partial charge on any atom is 0.238 e. The first-order valence-corrected chi connectivity index (χ1v) is 6.61. The summed E-state index contributed by atoms with van der Waals surface area (Å²) >= 11 is 0. The van der Waals surface area contributed by atoms with E-state index in [1.54, 1.807) is 12.1 Å². The highest BCUT2D eigenvalue weighted by Crippen LogP contribution is 2.10. The van der Waals surface area contributed by atoms with Crippen LogP contribution >= 0.6 is 0 Å². The molecule has 5 heteroatoms. The van der Waals surface area contributed by atoms with E-state index in [1.807, 2.05) is 6.92 Å². The monoisotopic (exact) mass is 241 g/mol. The molecule has 0 spiro atoms. The number of carbonyl (C=O) groups is 1. The fourth-order valence-corrected chi connectivity index (χ4v) is 1.82. The van der Waals surface area contributed by atoms with E-state index < -0.39 is 10.0 Å². The zero-order valence-corrected chi connectivity index (χ0v) is 9.96. The van der Waals surface area contributed by atoms with Gasteiger partial charge in [0.25, 0.3) is 0 Å². The van der Waals surface area contributed by atoms with Gasteiger partial charge in [0.05, 0.1) is 4.90 Å². The van der Waals surface area contributed by atoms with Crippen LogP contribution in [0.1, 0.15) is 25.3 Å². The lowest BCUT2D eigenvalue weighted by atomic mass is 10.1. The predicted molar refractivity (Wildman–Crippen MR) is 61.4 cm³/mol. The number of ketones is 1. The number of rotatable bonds is 5. The van der Waals surface area contributed by atoms with Crippen LogP contribution in [0.2, 0.25) is 0 Å². The molecule has 0 saturated carbocycles. The Hall–Kier alpha value is -1.20. The van der Waals surface area contributed by atoms with Crippen LogP contribution in [-0.2, 0) is 21.2 Å². The third kappa shape index (κ3) is 3.75. The Bertz CT molecular complexity index is 463. The second-order valence-electron chi connectivity index (χ2n) is 3.58. The van der Waals surface area contributed by atoms with Gasteiger partial charge in [-0.15, -0.1) is 0 Å². The summed E-state index contributed by atoms with van der Waals surface area (Å²) in [5.74, 6) is 0.204.